The van der Waals surface area contributed by atoms with Gasteiger partial charge in [0.05, 0.1) is 11.3 Å². The Morgan fingerprint density at radius 1 is 1.21 bits per heavy atom. The fourth-order valence-corrected chi connectivity index (χ4v) is 3.79. The number of aromatic nitrogens is 2. The predicted molar refractivity (Wildman–Crippen MR) is 114 cm³/mol. The molecule has 0 aliphatic rings. The maximum absolute atomic E-state index is 10.9. The smallest absolute Gasteiger partial charge is 0.307 e. The van der Waals surface area contributed by atoms with E-state index in [1.165, 1.54) is 4.88 Å². The minimum absolute atomic E-state index is 0.0108. The molecule has 28 heavy (non-hydrogen) atoms. The number of rotatable bonds is 8. The highest BCUT2D eigenvalue weighted by molar-refractivity contribution is 7.15. The highest BCUT2D eigenvalue weighted by Crippen LogP contribution is 2.30. The van der Waals surface area contributed by atoms with Crippen LogP contribution in [-0.4, -0.2) is 21.0 Å². The summed E-state index contributed by atoms with van der Waals surface area (Å²) in [5, 5.41) is 12.3. The van der Waals surface area contributed by atoms with E-state index in [0.29, 0.717) is 12.2 Å². The first-order valence-corrected chi connectivity index (χ1v) is 9.97. The molecular weight excluding hydrogens is 370 g/mol. The van der Waals surface area contributed by atoms with Crippen LogP contribution in [0.1, 0.15) is 28.6 Å². The number of carboxylic acid groups (broad SMARTS) is 1. The molecule has 0 aliphatic carbocycles. The third-order valence-electron chi connectivity index (χ3n) is 4.36. The second kappa shape index (κ2) is 8.80. The Morgan fingerprint density at radius 3 is 2.57 bits per heavy atom. The summed E-state index contributed by atoms with van der Waals surface area (Å²) in [5.74, 6) is 0.618. The zero-order valence-corrected chi connectivity index (χ0v) is 16.8. The maximum Gasteiger partial charge on any atom is 0.307 e. The number of anilines is 2. The number of thiophene rings is 1. The third-order valence-corrected chi connectivity index (χ3v) is 5.59. The number of allylic oxidation sites excluding steroid dienone is 1. The minimum Gasteiger partial charge on any atom is -0.481 e. The van der Waals surface area contributed by atoms with Crippen LogP contribution in [0.5, 0.6) is 0 Å². The molecule has 2 heterocycles. The van der Waals surface area contributed by atoms with Gasteiger partial charge in [0, 0.05) is 21.8 Å². The van der Waals surface area contributed by atoms with Crippen molar-refractivity contribution in [3.8, 4) is 10.7 Å². The van der Waals surface area contributed by atoms with E-state index in [2.05, 4.69) is 31.0 Å². The van der Waals surface area contributed by atoms with Gasteiger partial charge in [0.2, 0.25) is 0 Å². The van der Waals surface area contributed by atoms with Gasteiger partial charge < -0.3 is 10.4 Å². The van der Waals surface area contributed by atoms with Crippen LogP contribution in [-0.2, 0) is 24.1 Å². The van der Waals surface area contributed by atoms with Crippen molar-refractivity contribution in [1.82, 2.24) is 9.97 Å². The lowest BCUT2D eigenvalue weighted by atomic mass is 10.1. The molecule has 0 saturated carbocycles. The van der Waals surface area contributed by atoms with E-state index in [1.807, 2.05) is 37.3 Å². The number of aliphatic carboxylic acids is 1. The normalized spacial score (nSPS) is 10.6. The molecule has 2 N–H and O–H groups in total. The molecule has 5 nitrogen and oxygen atoms in total. The fourth-order valence-electron chi connectivity index (χ4n) is 2.90. The summed E-state index contributed by atoms with van der Waals surface area (Å²) < 4.78 is 0. The molecule has 144 valence electrons. The highest BCUT2D eigenvalue weighted by atomic mass is 32.1. The number of aryl methyl sites for hydroxylation is 2. The lowest BCUT2D eigenvalue weighted by Crippen LogP contribution is -2.05. The van der Waals surface area contributed by atoms with Crippen LogP contribution in [0.2, 0.25) is 0 Å². The van der Waals surface area contributed by atoms with Crippen LogP contribution in [0, 0.1) is 6.92 Å². The quantitative estimate of drug-likeness (QED) is 0.516. The number of nitrogens with zero attached hydrogens (tertiary/aromatic N) is 2. The Labute approximate surface area is 168 Å². The number of hydrogen-bond acceptors (Lipinski definition) is 5. The summed E-state index contributed by atoms with van der Waals surface area (Å²) in [6.45, 7) is 7.96. The van der Waals surface area contributed by atoms with Crippen molar-refractivity contribution in [2.24, 2.45) is 0 Å². The van der Waals surface area contributed by atoms with Crippen LogP contribution in [0.15, 0.2) is 49.1 Å². The molecule has 0 aliphatic heterocycles. The third kappa shape index (κ3) is 4.64. The van der Waals surface area contributed by atoms with Crippen molar-refractivity contribution in [2.75, 3.05) is 5.32 Å². The number of carboxylic acids is 1. The maximum atomic E-state index is 10.9. The molecule has 0 amide bonds. The van der Waals surface area contributed by atoms with E-state index >= 15 is 0 Å². The van der Waals surface area contributed by atoms with Crippen molar-refractivity contribution >= 4 is 28.8 Å². The first-order chi connectivity index (χ1) is 13.5. The monoisotopic (exact) mass is 393 g/mol. The van der Waals surface area contributed by atoms with Crippen LogP contribution in [0.4, 0.5) is 11.5 Å². The molecule has 0 radical (unpaired) electrons. The molecule has 2 aromatic heterocycles. The van der Waals surface area contributed by atoms with Crippen LogP contribution in [0.3, 0.4) is 0 Å². The molecule has 0 fully saturated rings. The standard InChI is InChI=1S/C22H23N3O2S/c1-4-6-18-14(3)23-22(19-12-11-17(5-2)28-19)25-21(18)24-16-9-7-15(8-10-16)13-20(26)27/h4,7-12H,1,5-6,13H2,2-3H3,(H,26,27)(H,23,24,25). The van der Waals surface area contributed by atoms with E-state index in [9.17, 15) is 4.79 Å². The molecule has 3 aromatic rings. The van der Waals surface area contributed by atoms with Crippen molar-refractivity contribution < 1.29 is 9.90 Å². The Hall–Kier alpha value is -2.99. The van der Waals surface area contributed by atoms with Crippen molar-refractivity contribution in [3.63, 3.8) is 0 Å². The van der Waals surface area contributed by atoms with E-state index in [-0.39, 0.29) is 6.42 Å². The Bertz CT molecular complexity index is 994. The van der Waals surface area contributed by atoms with Crippen LogP contribution >= 0.6 is 11.3 Å². The van der Waals surface area contributed by atoms with Gasteiger partial charge in [-0.05, 0) is 49.6 Å². The van der Waals surface area contributed by atoms with E-state index in [1.54, 1.807) is 11.3 Å². The zero-order chi connectivity index (χ0) is 20.1. The average Bonchev–Trinajstić information content (AvgIpc) is 3.15. The number of nitrogens with one attached hydrogen (secondary N) is 1. The van der Waals surface area contributed by atoms with Crippen molar-refractivity contribution in [2.45, 2.75) is 33.1 Å². The van der Waals surface area contributed by atoms with E-state index in [4.69, 9.17) is 15.1 Å². The summed E-state index contributed by atoms with van der Waals surface area (Å²) in [7, 11) is 0. The molecular formula is C22H23N3O2S. The molecule has 3 rings (SSSR count). The first kappa shape index (κ1) is 19.8. The summed E-state index contributed by atoms with van der Waals surface area (Å²) in [6.07, 6.45) is 3.51. The van der Waals surface area contributed by atoms with Crippen molar-refractivity contribution in [3.05, 3.63) is 70.8 Å². The van der Waals surface area contributed by atoms with Gasteiger partial charge >= 0.3 is 5.97 Å². The lowest BCUT2D eigenvalue weighted by molar-refractivity contribution is -0.136. The zero-order valence-electron chi connectivity index (χ0n) is 16.0. The minimum atomic E-state index is -0.840. The molecule has 0 atom stereocenters. The Balaban J connectivity index is 1.95. The molecule has 0 unspecified atom stereocenters. The summed E-state index contributed by atoms with van der Waals surface area (Å²) in [4.78, 5) is 22.7. The Kier molecular flexibility index (Phi) is 6.21. The van der Waals surface area contributed by atoms with Gasteiger partial charge in [0.25, 0.3) is 0 Å². The van der Waals surface area contributed by atoms with Crippen LogP contribution < -0.4 is 5.32 Å². The lowest BCUT2D eigenvalue weighted by Gasteiger charge is -2.14. The number of benzene rings is 1. The molecule has 0 saturated heterocycles. The predicted octanol–water partition coefficient (Wildman–Crippen LogP) is 5.18. The second-order valence-electron chi connectivity index (χ2n) is 6.46. The topological polar surface area (TPSA) is 75.1 Å². The first-order valence-electron chi connectivity index (χ1n) is 9.15. The van der Waals surface area contributed by atoms with Gasteiger partial charge in [-0.3, -0.25) is 4.79 Å². The van der Waals surface area contributed by atoms with Gasteiger partial charge in [0.1, 0.15) is 5.82 Å². The SMILES string of the molecule is C=CCc1c(C)nc(-c2ccc(CC)s2)nc1Nc1ccc(CC(=O)O)cc1. The van der Waals surface area contributed by atoms with Gasteiger partial charge in [0.15, 0.2) is 5.82 Å². The largest absolute Gasteiger partial charge is 0.481 e. The number of hydrogen-bond donors (Lipinski definition) is 2. The summed E-state index contributed by atoms with van der Waals surface area (Å²) in [6, 6.07) is 11.5. The Morgan fingerprint density at radius 2 is 1.96 bits per heavy atom. The average molecular weight is 394 g/mol. The van der Waals surface area contributed by atoms with Gasteiger partial charge in [-0.15, -0.1) is 17.9 Å². The molecule has 0 spiro atoms. The van der Waals surface area contributed by atoms with Gasteiger partial charge in [-0.25, -0.2) is 9.97 Å². The van der Waals surface area contributed by atoms with Gasteiger partial charge in [-0.2, -0.15) is 0 Å². The van der Waals surface area contributed by atoms with E-state index in [0.717, 1.165) is 39.6 Å². The van der Waals surface area contributed by atoms with Crippen molar-refractivity contribution in [1.29, 1.82) is 0 Å². The highest BCUT2D eigenvalue weighted by Gasteiger charge is 2.14. The second-order valence-corrected chi connectivity index (χ2v) is 7.63. The molecule has 1 aromatic carbocycles. The fraction of sp³-hybridized carbons (Fsp3) is 0.227. The number of carbonyl (C=O) groups is 1. The van der Waals surface area contributed by atoms with Gasteiger partial charge in [-0.1, -0.05) is 25.1 Å². The van der Waals surface area contributed by atoms with E-state index < -0.39 is 5.97 Å². The molecule has 6 heteroatoms. The van der Waals surface area contributed by atoms with Crippen LogP contribution in [0.25, 0.3) is 10.7 Å². The molecule has 0 bridgehead atoms. The summed E-state index contributed by atoms with van der Waals surface area (Å²) in [5.41, 5.74) is 3.53. The summed E-state index contributed by atoms with van der Waals surface area (Å²) >= 11 is 1.71.